The number of likely N-dealkylation sites (tertiary alicyclic amines) is 1. The van der Waals surface area contributed by atoms with E-state index in [0.717, 1.165) is 30.8 Å². The molecule has 0 saturated carbocycles. The molecule has 2 N–H and O–H groups in total. The molecule has 45 heavy (non-hydrogen) atoms. The Balaban J connectivity index is 1.51. The Morgan fingerprint density at radius 3 is 2.18 bits per heavy atom. The summed E-state index contributed by atoms with van der Waals surface area (Å²) in [4.78, 5) is 34.0. The maximum Gasteiger partial charge on any atom is 0.312 e. The van der Waals surface area contributed by atoms with E-state index in [1.807, 2.05) is 36.4 Å². The van der Waals surface area contributed by atoms with Crippen LogP contribution in [0.4, 0.5) is 0 Å². The number of halogens is 1. The van der Waals surface area contributed by atoms with Gasteiger partial charge >= 0.3 is 11.9 Å². The van der Waals surface area contributed by atoms with Crippen molar-refractivity contribution in [3.8, 4) is 0 Å². The normalized spacial score (nSPS) is 23.9. The third kappa shape index (κ3) is 7.49. The van der Waals surface area contributed by atoms with E-state index < -0.39 is 35.2 Å². The maximum atomic E-state index is 13.6. The number of hydrogen-bond donors (Lipinski definition) is 2. The Morgan fingerprint density at radius 1 is 0.956 bits per heavy atom. The van der Waals surface area contributed by atoms with E-state index in [-0.39, 0.29) is 18.9 Å². The molecular formula is C37H43ClN2O5. The van der Waals surface area contributed by atoms with Gasteiger partial charge in [-0.1, -0.05) is 90.8 Å². The maximum absolute atomic E-state index is 13.6. The molecule has 4 unspecified atom stereocenters. The molecule has 2 aliphatic rings. The lowest BCUT2D eigenvalue weighted by Crippen LogP contribution is -2.55. The molecule has 0 amide bonds. The van der Waals surface area contributed by atoms with Crippen LogP contribution >= 0.6 is 11.6 Å². The lowest BCUT2D eigenvalue weighted by Gasteiger charge is -2.47. The molecule has 3 aromatic rings. The summed E-state index contributed by atoms with van der Waals surface area (Å²) in [6.45, 7) is 5.17. The van der Waals surface area contributed by atoms with Gasteiger partial charge in [-0.15, -0.1) is 0 Å². The van der Waals surface area contributed by atoms with Gasteiger partial charge in [0.2, 0.25) is 0 Å². The predicted octanol–water partition coefficient (Wildman–Crippen LogP) is 7.15. The Bertz CT molecular complexity index is 1420. The molecule has 1 fully saturated rings. The van der Waals surface area contributed by atoms with Crippen LogP contribution < -0.4 is 0 Å². The van der Waals surface area contributed by atoms with Crippen molar-refractivity contribution in [1.29, 1.82) is 0 Å². The van der Waals surface area contributed by atoms with Crippen LogP contribution in [0.2, 0.25) is 5.02 Å². The van der Waals surface area contributed by atoms with Gasteiger partial charge in [0, 0.05) is 23.4 Å². The third-order valence-electron chi connectivity index (χ3n) is 9.73. The van der Waals surface area contributed by atoms with Crippen LogP contribution in [0.25, 0.3) is 0 Å². The van der Waals surface area contributed by atoms with E-state index in [0.29, 0.717) is 29.3 Å². The molecule has 7 nitrogen and oxygen atoms in total. The van der Waals surface area contributed by atoms with Gasteiger partial charge in [0.1, 0.15) is 5.92 Å². The number of carbonyl (C=O) groups is 2. The lowest BCUT2D eigenvalue weighted by molar-refractivity contribution is -0.156. The van der Waals surface area contributed by atoms with Crippen LogP contribution in [0.3, 0.4) is 0 Å². The van der Waals surface area contributed by atoms with E-state index in [1.54, 1.807) is 31.2 Å². The van der Waals surface area contributed by atoms with Crippen LogP contribution in [0.5, 0.6) is 0 Å². The minimum absolute atomic E-state index is 0.0402. The second-order valence-corrected chi connectivity index (χ2v) is 12.8. The van der Waals surface area contributed by atoms with Crippen LogP contribution in [-0.4, -0.2) is 71.7 Å². The molecule has 0 aromatic heterocycles. The highest BCUT2D eigenvalue weighted by atomic mass is 35.5. The molecule has 4 atom stereocenters. The quantitative estimate of drug-likeness (QED) is 0.195. The minimum atomic E-state index is -1.51. The van der Waals surface area contributed by atoms with Gasteiger partial charge in [-0.05, 0) is 74.5 Å². The number of aliphatic imine (C=N–C) groups is 1. The summed E-state index contributed by atoms with van der Waals surface area (Å²) in [5, 5.41) is 22.3. The molecular weight excluding hydrogens is 588 g/mol. The minimum Gasteiger partial charge on any atom is -0.481 e. The van der Waals surface area contributed by atoms with Crippen molar-refractivity contribution < 1.29 is 24.5 Å². The van der Waals surface area contributed by atoms with Crippen LogP contribution in [-0.2, 0) is 14.3 Å². The first-order valence-corrected chi connectivity index (χ1v) is 16.4. The second kappa shape index (κ2) is 15.2. The summed E-state index contributed by atoms with van der Waals surface area (Å²) in [6, 6.07) is 26.4. The highest BCUT2D eigenvalue weighted by Crippen LogP contribution is 2.53. The Labute approximate surface area is 270 Å². The predicted molar refractivity (Wildman–Crippen MR) is 177 cm³/mol. The monoisotopic (exact) mass is 630 g/mol. The molecule has 0 spiro atoms. The zero-order valence-electron chi connectivity index (χ0n) is 25.9. The largest absolute Gasteiger partial charge is 0.481 e. The van der Waals surface area contributed by atoms with Gasteiger partial charge in [-0.25, -0.2) is 0 Å². The summed E-state index contributed by atoms with van der Waals surface area (Å²) >= 11 is 6.45. The average molecular weight is 631 g/mol. The summed E-state index contributed by atoms with van der Waals surface area (Å²) < 4.78 is 6.05. The zero-order valence-corrected chi connectivity index (χ0v) is 26.6. The number of carboxylic acids is 2. The topological polar surface area (TPSA) is 99.4 Å². The number of hydrogen-bond acceptors (Lipinski definition) is 5. The summed E-state index contributed by atoms with van der Waals surface area (Å²) in [6.07, 6.45) is 4.31. The number of piperidine rings is 1. The van der Waals surface area contributed by atoms with E-state index in [1.165, 1.54) is 19.3 Å². The fraction of sp³-hybridized carbons (Fsp3) is 0.432. The fourth-order valence-corrected chi connectivity index (χ4v) is 7.61. The molecule has 0 radical (unpaired) electrons. The Kier molecular flexibility index (Phi) is 11.1. The summed E-state index contributed by atoms with van der Waals surface area (Å²) in [7, 11) is 0. The third-order valence-corrected chi connectivity index (χ3v) is 9.96. The van der Waals surface area contributed by atoms with Gasteiger partial charge in [-0.3, -0.25) is 14.6 Å². The first kappa shape index (κ1) is 32.9. The van der Waals surface area contributed by atoms with Crippen molar-refractivity contribution in [3.63, 3.8) is 0 Å². The molecule has 5 rings (SSSR count). The highest BCUT2D eigenvalue weighted by molar-refractivity contribution is 6.30. The molecule has 0 bridgehead atoms. The van der Waals surface area contributed by atoms with Crippen LogP contribution in [0.15, 0.2) is 89.9 Å². The fourth-order valence-electron chi connectivity index (χ4n) is 7.41. The number of nitrogens with zero attached hydrogens (tertiary/aromatic N) is 2. The number of ether oxygens (including phenoxy) is 1. The van der Waals surface area contributed by atoms with E-state index in [9.17, 15) is 19.8 Å². The van der Waals surface area contributed by atoms with Gasteiger partial charge in [0.05, 0.1) is 30.4 Å². The zero-order chi connectivity index (χ0) is 31.8. The number of carboxylic acid groups (broad SMARTS) is 2. The van der Waals surface area contributed by atoms with Crippen LogP contribution in [0.1, 0.15) is 67.6 Å². The summed E-state index contributed by atoms with van der Waals surface area (Å²) in [5.41, 5.74) is 1.60. The van der Waals surface area contributed by atoms with Crippen molar-refractivity contribution in [2.45, 2.75) is 56.9 Å². The van der Waals surface area contributed by atoms with Gasteiger partial charge in [-0.2, -0.15) is 0 Å². The lowest BCUT2D eigenvalue weighted by atomic mass is 9.57. The van der Waals surface area contributed by atoms with Crippen molar-refractivity contribution in [3.05, 3.63) is 107 Å². The molecule has 3 aromatic carbocycles. The molecule has 1 saturated heterocycles. The second-order valence-electron chi connectivity index (χ2n) is 12.4. The molecule has 2 aliphatic heterocycles. The highest BCUT2D eigenvalue weighted by Gasteiger charge is 2.58. The van der Waals surface area contributed by atoms with Crippen molar-refractivity contribution in [2.24, 2.45) is 16.3 Å². The Hall–Kier alpha value is -3.52. The molecule has 238 valence electrons. The SMILES string of the molecule is CC1N=C(COCCN2CCCCC2)C(C(=O)O)C(c2cccc(Cl)c2)C1(CCC(c1ccccc1)c1ccccc1)C(=O)O. The van der Waals surface area contributed by atoms with Crippen molar-refractivity contribution in [2.75, 3.05) is 32.8 Å². The first-order valence-electron chi connectivity index (χ1n) is 16.0. The summed E-state index contributed by atoms with van der Waals surface area (Å²) in [5.74, 6) is -4.34. The van der Waals surface area contributed by atoms with E-state index in [2.05, 4.69) is 29.2 Å². The molecule has 2 heterocycles. The van der Waals surface area contributed by atoms with Crippen molar-refractivity contribution >= 4 is 29.3 Å². The van der Waals surface area contributed by atoms with Crippen LogP contribution in [0, 0.1) is 11.3 Å². The smallest absolute Gasteiger partial charge is 0.312 e. The number of benzene rings is 3. The molecule has 8 heteroatoms. The van der Waals surface area contributed by atoms with Crippen molar-refractivity contribution in [1.82, 2.24) is 4.90 Å². The van der Waals surface area contributed by atoms with Gasteiger partial charge < -0.3 is 19.8 Å². The first-order chi connectivity index (χ1) is 21.8. The molecule has 0 aliphatic carbocycles. The Morgan fingerprint density at radius 2 is 1.60 bits per heavy atom. The number of aliphatic carboxylic acids is 2. The van der Waals surface area contributed by atoms with Gasteiger partial charge in [0.15, 0.2) is 0 Å². The average Bonchev–Trinajstić information content (AvgIpc) is 3.05. The standard InChI is InChI=1S/C37H43ClN2O5/c1-26-37(36(43)44,19-18-31(27-12-5-2-6-13-27)28-14-7-3-8-15-28)34(29-16-11-17-30(38)24-29)33(35(41)42)32(39-26)25-45-23-22-40-20-9-4-10-21-40/h2-3,5-8,11-17,24,26,31,33-34H,4,9-10,18-23,25H2,1H3,(H,41,42)(H,43,44). The van der Waals surface area contributed by atoms with E-state index in [4.69, 9.17) is 21.3 Å². The van der Waals surface area contributed by atoms with Gasteiger partial charge in [0.25, 0.3) is 0 Å². The van der Waals surface area contributed by atoms with E-state index >= 15 is 0 Å². The number of rotatable bonds is 13.